The highest BCUT2D eigenvalue weighted by Crippen LogP contribution is 2.32. The molecule has 0 aliphatic rings. The number of halogens is 3. The molecule has 0 spiro atoms. The summed E-state index contributed by atoms with van der Waals surface area (Å²) in [6.45, 7) is 0. The minimum atomic E-state index is -1.63. The summed E-state index contributed by atoms with van der Waals surface area (Å²) in [5, 5.41) is 9.79. The van der Waals surface area contributed by atoms with Crippen LogP contribution in [0.3, 0.4) is 0 Å². The molecule has 1 rings (SSSR count). The molecule has 1 aromatic rings. The zero-order valence-corrected chi connectivity index (χ0v) is 11.7. The molecule has 0 saturated heterocycles. The molecule has 0 fully saturated rings. The second-order valence-corrected chi connectivity index (χ2v) is 6.94. The van der Waals surface area contributed by atoms with Crippen LogP contribution < -0.4 is 0 Å². The lowest BCUT2D eigenvalue weighted by molar-refractivity contribution is 0.0725. The molecule has 0 heterocycles. The highest BCUT2D eigenvalue weighted by molar-refractivity contribution is 9.25. The summed E-state index contributed by atoms with van der Waals surface area (Å²) in [4.78, 5) is 11.8. The maximum atomic E-state index is 11.8. The Balaban J connectivity index is 2.97. The van der Waals surface area contributed by atoms with E-state index < -0.39 is 14.0 Å². The van der Waals surface area contributed by atoms with Crippen LogP contribution in [0.25, 0.3) is 0 Å². The predicted molar refractivity (Wildman–Crippen MR) is 66.3 cm³/mol. The third kappa shape index (κ3) is 2.66. The Labute approximate surface area is 107 Å². The van der Waals surface area contributed by atoms with Crippen LogP contribution in [0, 0.1) is 0 Å². The van der Waals surface area contributed by atoms with Crippen LogP contribution in [-0.2, 0) is 0 Å². The van der Waals surface area contributed by atoms with E-state index >= 15 is 0 Å². The van der Waals surface area contributed by atoms with Gasteiger partial charge in [0.25, 0.3) is 0 Å². The lowest BCUT2D eigenvalue weighted by Gasteiger charge is -2.21. The molecule has 2 nitrogen and oxygen atoms in total. The van der Waals surface area contributed by atoms with Crippen LogP contribution in [0.1, 0.15) is 10.4 Å². The minimum Gasteiger partial charge on any atom is -0.370 e. The van der Waals surface area contributed by atoms with Gasteiger partial charge in [-0.2, -0.15) is 0 Å². The monoisotopic (exact) mass is 384 g/mol. The first-order chi connectivity index (χ1) is 6.46. The van der Waals surface area contributed by atoms with Crippen molar-refractivity contribution in [2.75, 3.05) is 0 Å². The van der Waals surface area contributed by atoms with Gasteiger partial charge < -0.3 is 5.11 Å². The Hall–Kier alpha value is 0.290. The molecule has 0 bridgehead atoms. The maximum Gasteiger partial charge on any atom is 0.207 e. The zero-order chi connectivity index (χ0) is 10.8. The molecule has 1 unspecified atom stereocenters. The number of carbonyl (C=O) groups is 1. The second-order valence-electron chi connectivity index (χ2n) is 2.67. The van der Waals surface area contributed by atoms with Gasteiger partial charge in [0.05, 0.1) is 0 Å². The Morgan fingerprint density at radius 1 is 1.29 bits per heavy atom. The Morgan fingerprint density at radius 3 is 2.21 bits per heavy atom. The molecule has 5 heteroatoms. The van der Waals surface area contributed by atoms with E-state index in [0.29, 0.717) is 5.56 Å². The van der Waals surface area contributed by atoms with Gasteiger partial charge in [-0.25, -0.2) is 0 Å². The molecule has 1 aromatic carbocycles. The molecule has 76 valence electrons. The lowest BCUT2D eigenvalue weighted by atomic mass is 10.1. The van der Waals surface area contributed by atoms with E-state index in [0.717, 1.165) is 0 Å². The third-order valence-corrected chi connectivity index (χ3v) is 5.02. The first kappa shape index (κ1) is 12.4. The molecule has 0 aliphatic heterocycles. The topological polar surface area (TPSA) is 37.3 Å². The van der Waals surface area contributed by atoms with Gasteiger partial charge in [0.1, 0.15) is 3.74 Å². The quantitative estimate of drug-likeness (QED) is 0.640. The van der Waals surface area contributed by atoms with Crippen molar-refractivity contribution >= 4 is 53.6 Å². The normalized spacial score (nSPS) is 15.2. The first-order valence-corrected chi connectivity index (χ1v) is 6.38. The summed E-state index contributed by atoms with van der Waals surface area (Å²) in [6, 6.07) is 8.60. The molecular weight excluding hydrogens is 380 g/mol. The predicted octanol–water partition coefficient (Wildman–Crippen LogP) is 3.07. The van der Waals surface area contributed by atoms with Crippen LogP contribution in [0.5, 0.6) is 0 Å². The molecule has 0 amide bonds. The molecule has 0 saturated carbocycles. The van der Waals surface area contributed by atoms with Crippen molar-refractivity contribution in [1.82, 2.24) is 0 Å². The van der Waals surface area contributed by atoms with Crippen LogP contribution in [0.15, 0.2) is 30.3 Å². The molecule has 1 N–H and O–H groups in total. The van der Waals surface area contributed by atoms with Gasteiger partial charge in [0.2, 0.25) is 10.3 Å². The van der Waals surface area contributed by atoms with E-state index in [9.17, 15) is 9.90 Å². The van der Waals surface area contributed by atoms with Crippen molar-refractivity contribution in [3.63, 3.8) is 0 Å². The molecule has 14 heavy (non-hydrogen) atoms. The zero-order valence-electron chi connectivity index (χ0n) is 6.95. The van der Waals surface area contributed by atoms with E-state index in [1.54, 1.807) is 24.3 Å². The third-order valence-electron chi connectivity index (χ3n) is 1.64. The number of aliphatic hydroxyl groups is 1. The van der Waals surface area contributed by atoms with Crippen LogP contribution in [0.2, 0.25) is 0 Å². The van der Waals surface area contributed by atoms with Crippen LogP contribution in [-0.4, -0.2) is 19.1 Å². The number of rotatable bonds is 3. The van der Waals surface area contributed by atoms with E-state index in [-0.39, 0.29) is 0 Å². The highest BCUT2D eigenvalue weighted by atomic mass is 79.9. The first-order valence-electron chi connectivity index (χ1n) is 3.75. The van der Waals surface area contributed by atoms with Gasteiger partial charge in [-0.15, -0.1) is 0 Å². The average Bonchev–Trinajstić information content (AvgIpc) is 2.17. The molecule has 0 radical (unpaired) electrons. The highest BCUT2D eigenvalue weighted by Gasteiger charge is 2.39. The molecule has 1 atom stereocenters. The van der Waals surface area contributed by atoms with Crippen molar-refractivity contribution in [2.24, 2.45) is 0 Å². The van der Waals surface area contributed by atoms with Crippen molar-refractivity contribution in [1.29, 1.82) is 0 Å². The van der Waals surface area contributed by atoms with Gasteiger partial charge in [-0.3, -0.25) is 4.79 Å². The van der Waals surface area contributed by atoms with E-state index in [1.807, 2.05) is 6.07 Å². The molecule has 0 aliphatic carbocycles. The SMILES string of the molecule is O=C(c1ccccc1)C(O)(Br)C(Br)Br. The maximum absolute atomic E-state index is 11.8. The number of carbonyl (C=O) groups excluding carboxylic acids is 1. The fraction of sp³-hybridized carbons (Fsp3) is 0.222. The lowest BCUT2D eigenvalue weighted by Crippen LogP contribution is -2.37. The van der Waals surface area contributed by atoms with Crippen molar-refractivity contribution in [3.8, 4) is 0 Å². The standard InChI is InChI=1S/C9H7Br3O2/c10-8(11)9(12,14)7(13)6-4-2-1-3-5-6/h1-5,8,14H. The van der Waals surface area contributed by atoms with Crippen molar-refractivity contribution < 1.29 is 9.90 Å². The van der Waals surface area contributed by atoms with Gasteiger partial charge >= 0.3 is 0 Å². The van der Waals surface area contributed by atoms with Crippen LogP contribution >= 0.6 is 47.8 Å². The number of hydrogen-bond donors (Lipinski definition) is 1. The van der Waals surface area contributed by atoms with Gasteiger partial charge in [-0.1, -0.05) is 62.2 Å². The Kier molecular flexibility index (Phi) is 4.30. The van der Waals surface area contributed by atoms with Gasteiger partial charge in [-0.05, 0) is 15.9 Å². The second kappa shape index (κ2) is 4.88. The number of benzene rings is 1. The van der Waals surface area contributed by atoms with E-state index in [2.05, 4.69) is 47.8 Å². The van der Waals surface area contributed by atoms with E-state index in [1.165, 1.54) is 0 Å². The molecule has 0 aromatic heterocycles. The largest absolute Gasteiger partial charge is 0.370 e. The van der Waals surface area contributed by atoms with E-state index in [4.69, 9.17) is 0 Å². The van der Waals surface area contributed by atoms with Crippen LogP contribution in [0.4, 0.5) is 0 Å². The summed E-state index contributed by atoms with van der Waals surface area (Å²) in [7, 11) is 0. The number of ketones is 1. The summed E-state index contributed by atoms with van der Waals surface area (Å²) in [5.74, 6) is -0.392. The Morgan fingerprint density at radius 2 is 1.79 bits per heavy atom. The van der Waals surface area contributed by atoms with Gasteiger partial charge in [0, 0.05) is 5.56 Å². The average molecular weight is 387 g/mol. The van der Waals surface area contributed by atoms with Crippen molar-refractivity contribution in [3.05, 3.63) is 35.9 Å². The summed E-state index contributed by atoms with van der Waals surface area (Å²) < 4.78 is -2.18. The fourth-order valence-corrected chi connectivity index (χ4v) is 1.54. The number of alkyl halides is 3. The minimum absolute atomic E-state index is 0.392. The number of hydrogen-bond acceptors (Lipinski definition) is 2. The van der Waals surface area contributed by atoms with Crippen molar-refractivity contribution in [2.45, 2.75) is 8.25 Å². The smallest absolute Gasteiger partial charge is 0.207 e. The molecular formula is C9H7Br3O2. The summed E-state index contributed by atoms with van der Waals surface area (Å²) >= 11 is 9.15. The summed E-state index contributed by atoms with van der Waals surface area (Å²) in [6.07, 6.45) is 0. The summed E-state index contributed by atoms with van der Waals surface area (Å²) in [5.41, 5.74) is 0.454. The number of Topliss-reactive ketones (excluding diaryl/α,β-unsaturated/α-hetero) is 1. The van der Waals surface area contributed by atoms with Gasteiger partial charge in [0.15, 0.2) is 0 Å². The fourth-order valence-electron chi connectivity index (χ4n) is 0.891. The Bertz CT molecular complexity index is 322.